The van der Waals surface area contributed by atoms with Gasteiger partial charge in [-0.25, -0.2) is 4.79 Å². The fraction of sp³-hybridized carbons (Fsp3) is 0.150. The predicted molar refractivity (Wildman–Crippen MR) is 95.8 cm³/mol. The number of aromatic nitrogens is 1. The molecule has 4 heteroatoms. The zero-order valence-corrected chi connectivity index (χ0v) is 13.8. The summed E-state index contributed by atoms with van der Waals surface area (Å²) >= 11 is 0. The monoisotopic (exact) mass is 319 g/mol. The van der Waals surface area contributed by atoms with Gasteiger partial charge < -0.3 is 14.1 Å². The molecule has 0 radical (unpaired) electrons. The normalized spacial score (nSPS) is 11.3. The molecule has 0 fully saturated rings. The fourth-order valence-corrected chi connectivity index (χ4v) is 3.05. The van der Waals surface area contributed by atoms with Crippen molar-refractivity contribution in [1.29, 1.82) is 0 Å². The van der Waals surface area contributed by atoms with Gasteiger partial charge in [0.15, 0.2) is 0 Å². The molecule has 4 nitrogen and oxygen atoms in total. The van der Waals surface area contributed by atoms with Crippen LogP contribution in [0.3, 0.4) is 0 Å². The molecule has 2 aromatic heterocycles. The highest BCUT2D eigenvalue weighted by Crippen LogP contribution is 2.28. The number of benzene rings is 2. The molecular formula is C20H17NO3. The van der Waals surface area contributed by atoms with Gasteiger partial charge in [0.2, 0.25) is 0 Å². The standard InChI is InChI=1S/C20H17NO3/c1-11-12(2)21-18-9-14-8-17(13-4-6-15(23-3)7-5-13)20(22)24-19(14)10-16(11)18/h4-10,21H,1-3H3. The largest absolute Gasteiger partial charge is 0.497 e. The minimum absolute atomic E-state index is 0.336. The summed E-state index contributed by atoms with van der Waals surface area (Å²) in [5.74, 6) is 0.753. The number of nitrogens with one attached hydrogen (secondary N) is 1. The van der Waals surface area contributed by atoms with Crippen LogP contribution in [0.1, 0.15) is 11.3 Å². The highest BCUT2D eigenvalue weighted by atomic mass is 16.5. The van der Waals surface area contributed by atoms with E-state index in [2.05, 4.69) is 11.9 Å². The van der Waals surface area contributed by atoms with Gasteiger partial charge in [-0.3, -0.25) is 0 Å². The topological polar surface area (TPSA) is 55.2 Å². The Labute approximate surface area is 138 Å². The minimum atomic E-state index is -0.336. The second-order valence-corrected chi connectivity index (χ2v) is 5.99. The minimum Gasteiger partial charge on any atom is -0.497 e. The van der Waals surface area contributed by atoms with Crippen molar-refractivity contribution in [3.63, 3.8) is 0 Å². The molecule has 0 bridgehead atoms. The van der Waals surface area contributed by atoms with E-state index in [9.17, 15) is 4.79 Å². The summed E-state index contributed by atoms with van der Waals surface area (Å²) in [6.45, 7) is 4.10. The summed E-state index contributed by atoms with van der Waals surface area (Å²) in [6.07, 6.45) is 0. The predicted octanol–water partition coefficient (Wildman–Crippen LogP) is 4.57. The maximum Gasteiger partial charge on any atom is 0.344 e. The zero-order chi connectivity index (χ0) is 16.8. The Morgan fingerprint density at radius 2 is 1.79 bits per heavy atom. The van der Waals surface area contributed by atoms with Gasteiger partial charge in [-0.1, -0.05) is 12.1 Å². The first-order valence-corrected chi connectivity index (χ1v) is 7.78. The molecule has 2 aromatic carbocycles. The number of rotatable bonds is 2. The molecule has 0 aliphatic carbocycles. The number of ether oxygens (including phenoxy) is 1. The number of hydrogen-bond donors (Lipinski definition) is 1. The third kappa shape index (κ3) is 2.19. The molecular weight excluding hydrogens is 302 g/mol. The lowest BCUT2D eigenvalue weighted by Crippen LogP contribution is -2.02. The Morgan fingerprint density at radius 3 is 2.50 bits per heavy atom. The van der Waals surface area contributed by atoms with Crippen molar-refractivity contribution < 1.29 is 9.15 Å². The van der Waals surface area contributed by atoms with Gasteiger partial charge in [-0.2, -0.15) is 0 Å². The Bertz CT molecular complexity index is 1120. The Hall–Kier alpha value is -3.01. The van der Waals surface area contributed by atoms with Crippen molar-refractivity contribution in [3.05, 3.63) is 64.1 Å². The first-order valence-electron chi connectivity index (χ1n) is 7.78. The van der Waals surface area contributed by atoms with E-state index in [1.54, 1.807) is 7.11 Å². The van der Waals surface area contributed by atoms with Crippen LogP contribution in [-0.2, 0) is 0 Å². The summed E-state index contributed by atoms with van der Waals surface area (Å²) < 4.78 is 10.7. The van der Waals surface area contributed by atoms with Crippen molar-refractivity contribution in [2.45, 2.75) is 13.8 Å². The fourth-order valence-electron chi connectivity index (χ4n) is 3.05. The van der Waals surface area contributed by atoms with Crippen LogP contribution in [0.25, 0.3) is 33.0 Å². The van der Waals surface area contributed by atoms with Crippen molar-refractivity contribution in [2.75, 3.05) is 7.11 Å². The van der Waals surface area contributed by atoms with Crippen molar-refractivity contribution in [2.24, 2.45) is 0 Å². The van der Waals surface area contributed by atoms with Gasteiger partial charge in [0.1, 0.15) is 11.3 Å². The van der Waals surface area contributed by atoms with Crippen LogP contribution >= 0.6 is 0 Å². The summed E-state index contributed by atoms with van der Waals surface area (Å²) in [5.41, 5.74) is 4.97. The number of hydrogen-bond acceptors (Lipinski definition) is 3. The Kier molecular flexibility index (Phi) is 3.20. The zero-order valence-electron chi connectivity index (χ0n) is 13.8. The molecule has 0 amide bonds. The summed E-state index contributed by atoms with van der Waals surface area (Å²) in [7, 11) is 1.62. The Morgan fingerprint density at radius 1 is 1.04 bits per heavy atom. The summed E-state index contributed by atoms with van der Waals surface area (Å²) in [4.78, 5) is 15.8. The molecule has 0 atom stereocenters. The van der Waals surface area contributed by atoms with Crippen LogP contribution in [0, 0.1) is 13.8 Å². The lowest BCUT2D eigenvalue weighted by molar-refractivity contribution is 0.415. The van der Waals surface area contributed by atoms with E-state index in [1.807, 2.05) is 49.4 Å². The number of aromatic amines is 1. The smallest absolute Gasteiger partial charge is 0.344 e. The number of aryl methyl sites for hydroxylation is 2. The lowest BCUT2D eigenvalue weighted by Gasteiger charge is -2.05. The summed E-state index contributed by atoms with van der Waals surface area (Å²) in [5, 5.41) is 1.98. The van der Waals surface area contributed by atoms with E-state index in [4.69, 9.17) is 9.15 Å². The third-order valence-corrected chi connectivity index (χ3v) is 4.56. The molecule has 24 heavy (non-hydrogen) atoms. The molecule has 0 saturated heterocycles. The highest BCUT2D eigenvalue weighted by molar-refractivity contribution is 5.97. The van der Waals surface area contributed by atoms with E-state index >= 15 is 0 Å². The number of H-pyrrole nitrogens is 1. The van der Waals surface area contributed by atoms with Gasteiger partial charge >= 0.3 is 5.63 Å². The van der Waals surface area contributed by atoms with Crippen LogP contribution in [0.2, 0.25) is 0 Å². The SMILES string of the molecule is COc1ccc(-c2cc3cc4[nH]c(C)c(C)c4cc3oc2=O)cc1. The summed E-state index contributed by atoms with van der Waals surface area (Å²) in [6, 6.07) is 13.2. The molecule has 0 aliphatic rings. The van der Waals surface area contributed by atoms with Crippen LogP contribution in [0.4, 0.5) is 0 Å². The molecule has 4 rings (SSSR count). The first kappa shape index (κ1) is 14.6. The van der Waals surface area contributed by atoms with E-state index in [1.165, 1.54) is 5.56 Å². The molecule has 120 valence electrons. The molecule has 0 aliphatic heterocycles. The van der Waals surface area contributed by atoms with Gasteiger partial charge in [-0.15, -0.1) is 0 Å². The molecule has 2 heterocycles. The Balaban J connectivity index is 1.95. The average molecular weight is 319 g/mol. The molecule has 0 saturated carbocycles. The molecule has 0 spiro atoms. The van der Waals surface area contributed by atoms with Crippen molar-refractivity contribution in [3.8, 4) is 16.9 Å². The molecule has 0 unspecified atom stereocenters. The molecule has 1 N–H and O–H groups in total. The quantitative estimate of drug-likeness (QED) is 0.551. The van der Waals surface area contributed by atoms with E-state index in [0.29, 0.717) is 11.1 Å². The van der Waals surface area contributed by atoms with Gasteiger partial charge in [0, 0.05) is 22.0 Å². The van der Waals surface area contributed by atoms with Crippen LogP contribution < -0.4 is 10.4 Å². The first-order chi connectivity index (χ1) is 11.6. The van der Waals surface area contributed by atoms with Gasteiger partial charge in [-0.05, 0) is 55.3 Å². The van der Waals surface area contributed by atoms with Crippen molar-refractivity contribution >= 4 is 21.9 Å². The van der Waals surface area contributed by atoms with Gasteiger partial charge in [0.05, 0.1) is 12.7 Å². The van der Waals surface area contributed by atoms with Crippen LogP contribution in [0.5, 0.6) is 5.75 Å². The number of fused-ring (bicyclic) bond motifs is 2. The van der Waals surface area contributed by atoms with Crippen LogP contribution in [0.15, 0.2) is 51.7 Å². The number of methoxy groups -OCH3 is 1. The van der Waals surface area contributed by atoms with E-state index < -0.39 is 0 Å². The van der Waals surface area contributed by atoms with E-state index in [0.717, 1.165) is 33.3 Å². The van der Waals surface area contributed by atoms with E-state index in [-0.39, 0.29) is 5.63 Å². The average Bonchev–Trinajstić information content (AvgIpc) is 2.86. The second-order valence-electron chi connectivity index (χ2n) is 5.99. The second kappa shape index (κ2) is 5.27. The van der Waals surface area contributed by atoms with Crippen molar-refractivity contribution in [1.82, 2.24) is 4.98 Å². The molecule has 4 aromatic rings. The maximum atomic E-state index is 12.4. The highest BCUT2D eigenvalue weighted by Gasteiger charge is 2.11. The van der Waals surface area contributed by atoms with Gasteiger partial charge in [0.25, 0.3) is 0 Å². The van der Waals surface area contributed by atoms with Crippen LogP contribution in [-0.4, -0.2) is 12.1 Å². The maximum absolute atomic E-state index is 12.4. The lowest BCUT2D eigenvalue weighted by atomic mass is 10.0. The third-order valence-electron chi connectivity index (χ3n) is 4.56.